The molecule has 1 aromatic heterocycles. The van der Waals surface area contributed by atoms with Crippen LogP contribution in [0.2, 0.25) is 0 Å². The van der Waals surface area contributed by atoms with Gasteiger partial charge in [0.2, 0.25) is 5.91 Å². The third kappa shape index (κ3) is 6.87. The van der Waals surface area contributed by atoms with E-state index >= 15 is 0 Å². The maximum atomic E-state index is 12.7. The van der Waals surface area contributed by atoms with Crippen LogP contribution in [0.25, 0.3) is 10.9 Å². The molecule has 0 saturated carbocycles. The number of nitrogen functional groups attached to an aromatic ring is 1. The molecule has 3 aromatic rings. The highest BCUT2D eigenvalue weighted by molar-refractivity contribution is 6.12. The van der Waals surface area contributed by atoms with E-state index in [4.69, 9.17) is 16.9 Å². The van der Waals surface area contributed by atoms with Gasteiger partial charge in [-0.1, -0.05) is 44.9 Å². The number of amides is 1. The fourth-order valence-corrected chi connectivity index (χ4v) is 3.44. The third-order valence-electron chi connectivity index (χ3n) is 5.62. The molecule has 1 atom stereocenters. The van der Waals surface area contributed by atoms with Crippen LogP contribution in [0.3, 0.4) is 0 Å². The molecule has 0 aliphatic rings. The Bertz CT molecular complexity index is 1240. The molecule has 1 heterocycles. The van der Waals surface area contributed by atoms with Gasteiger partial charge in [-0.25, -0.2) is 0 Å². The van der Waals surface area contributed by atoms with E-state index < -0.39 is 24.5 Å². The molecule has 2 aromatic carbocycles. The van der Waals surface area contributed by atoms with E-state index in [1.54, 1.807) is 44.2 Å². The number of aromatic nitrogens is 1. The Balaban J connectivity index is 0.00000106. The number of nitrogens with one attached hydrogen (secondary N) is 3. The Morgan fingerprint density at radius 3 is 2.39 bits per heavy atom. The number of aromatic amines is 1. The number of halogens is 3. The van der Waals surface area contributed by atoms with E-state index in [1.165, 1.54) is 18.9 Å². The lowest BCUT2D eigenvalue weighted by atomic mass is 10.0. The van der Waals surface area contributed by atoms with Gasteiger partial charge >= 0.3 is 6.18 Å². The lowest BCUT2D eigenvalue weighted by Crippen LogP contribution is -2.22. The molecule has 10 heteroatoms. The molecule has 1 unspecified atom stereocenters. The number of alkyl halides is 3. The summed E-state index contributed by atoms with van der Waals surface area (Å²) in [5, 5.41) is 10.7. The van der Waals surface area contributed by atoms with Crippen molar-refractivity contribution in [3.8, 4) is 0 Å². The molecule has 0 bridgehead atoms. The Morgan fingerprint density at radius 2 is 1.83 bits per heavy atom. The number of carbonyl (C=O) groups excluding carboxylic acids is 1. The molecule has 3 rings (SSSR count). The molecular formula is C26H33F3N6O. The van der Waals surface area contributed by atoms with Crippen LogP contribution in [-0.4, -0.2) is 35.5 Å². The monoisotopic (exact) mass is 502 g/mol. The van der Waals surface area contributed by atoms with Crippen LogP contribution in [-0.2, 0) is 4.79 Å². The Labute approximate surface area is 208 Å². The second-order valence-electron chi connectivity index (χ2n) is 8.36. The van der Waals surface area contributed by atoms with E-state index in [2.05, 4.69) is 29.1 Å². The van der Waals surface area contributed by atoms with Crippen molar-refractivity contribution in [1.29, 1.82) is 5.41 Å². The van der Waals surface area contributed by atoms with Crippen molar-refractivity contribution < 1.29 is 18.0 Å². The van der Waals surface area contributed by atoms with Crippen LogP contribution in [0, 0.1) is 5.41 Å². The number of hydrogen-bond donors (Lipinski definition) is 5. The SMILES string of the molecule is CC(=Nc1c(C(C)C(N)=O)[nH]c2ccc(N)c(C=N)c12)c1ccccc1NCC(F)(F)F.CCCC. The molecule has 36 heavy (non-hydrogen) atoms. The Hall–Kier alpha value is -3.82. The van der Waals surface area contributed by atoms with E-state index in [-0.39, 0.29) is 5.69 Å². The second kappa shape index (κ2) is 12.2. The van der Waals surface area contributed by atoms with Gasteiger partial charge in [-0.3, -0.25) is 9.79 Å². The molecule has 7 N–H and O–H groups in total. The molecule has 0 aliphatic carbocycles. The second-order valence-corrected chi connectivity index (χ2v) is 8.36. The van der Waals surface area contributed by atoms with E-state index in [0.29, 0.717) is 44.8 Å². The van der Waals surface area contributed by atoms with E-state index in [1.807, 2.05) is 0 Å². The summed E-state index contributed by atoms with van der Waals surface area (Å²) < 4.78 is 38.2. The predicted molar refractivity (Wildman–Crippen MR) is 142 cm³/mol. The molecule has 0 radical (unpaired) electrons. The van der Waals surface area contributed by atoms with Crippen molar-refractivity contribution in [2.45, 2.75) is 52.6 Å². The van der Waals surface area contributed by atoms with Crippen LogP contribution < -0.4 is 16.8 Å². The van der Waals surface area contributed by atoms with Gasteiger partial charge in [-0.05, 0) is 32.0 Å². The molecule has 194 valence electrons. The summed E-state index contributed by atoms with van der Waals surface area (Å²) >= 11 is 0. The lowest BCUT2D eigenvalue weighted by Gasteiger charge is -2.14. The normalized spacial score (nSPS) is 12.6. The quantitative estimate of drug-likeness (QED) is 0.184. The number of primary amides is 1. The zero-order valence-electron chi connectivity index (χ0n) is 20.9. The zero-order valence-corrected chi connectivity index (χ0v) is 20.9. The van der Waals surface area contributed by atoms with E-state index in [9.17, 15) is 18.0 Å². The topological polar surface area (TPSA) is 133 Å². The average molecular weight is 503 g/mol. The third-order valence-corrected chi connectivity index (χ3v) is 5.62. The first-order chi connectivity index (χ1) is 16.9. The number of fused-ring (bicyclic) bond motifs is 1. The van der Waals surface area contributed by atoms with Crippen LogP contribution in [0.15, 0.2) is 41.4 Å². The smallest absolute Gasteiger partial charge is 0.398 e. The number of anilines is 2. The average Bonchev–Trinajstić information content (AvgIpc) is 3.20. The standard InChI is InChI=1S/C22H23F3N6O.C4H10/c1-11(21(28)32)19-20(18-14(9-26)15(27)7-8-17(18)31-19)30-12(2)13-5-3-4-6-16(13)29-10-22(23,24)25;1-3-4-2/h3-9,11,26,29,31H,10,27H2,1-2H3,(H2,28,32);3-4H2,1-2H3. The van der Waals surface area contributed by atoms with Crippen molar-refractivity contribution in [2.75, 3.05) is 17.6 Å². The first kappa shape index (κ1) is 28.4. The summed E-state index contributed by atoms with van der Waals surface area (Å²) in [4.78, 5) is 19.7. The summed E-state index contributed by atoms with van der Waals surface area (Å²) in [6.45, 7) is 6.44. The predicted octanol–water partition coefficient (Wildman–Crippen LogP) is 6.26. The number of nitrogens with zero attached hydrogens (tertiary/aromatic N) is 1. The number of hydrogen-bond acceptors (Lipinski definition) is 5. The summed E-state index contributed by atoms with van der Waals surface area (Å²) in [5.41, 5.74) is 14.9. The largest absolute Gasteiger partial charge is 0.405 e. The van der Waals surface area contributed by atoms with Gasteiger partial charge in [-0.2, -0.15) is 13.2 Å². The minimum absolute atomic E-state index is 0.266. The van der Waals surface area contributed by atoms with Crippen LogP contribution in [0.5, 0.6) is 0 Å². The van der Waals surface area contributed by atoms with E-state index in [0.717, 1.165) is 6.21 Å². The van der Waals surface area contributed by atoms with Crippen molar-refractivity contribution in [2.24, 2.45) is 10.7 Å². The number of benzene rings is 2. The molecule has 0 spiro atoms. The van der Waals surface area contributed by atoms with Crippen molar-refractivity contribution in [1.82, 2.24) is 4.98 Å². The van der Waals surface area contributed by atoms with Crippen LogP contribution in [0.4, 0.5) is 30.2 Å². The lowest BCUT2D eigenvalue weighted by molar-refractivity contribution is -0.119. The Morgan fingerprint density at radius 1 is 1.19 bits per heavy atom. The summed E-state index contributed by atoms with van der Waals surface area (Å²) in [6, 6.07) is 9.83. The molecular weight excluding hydrogens is 469 g/mol. The molecule has 1 amide bonds. The highest BCUT2D eigenvalue weighted by Crippen LogP contribution is 2.39. The van der Waals surface area contributed by atoms with Gasteiger partial charge in [0.1, 0.15) is 6.54 Å². The van der Waals surface area contributed by atoms with Gasteiger partial charge in [0.25, 0.3) is 0 Å². The fourth-order valence-electron chi connectivity index (χ4n) is 3.44. The highest BCUT2D eigenvalue weighted by atomic mass is 19.4. The first-order valence-electron chi connectivity index (χ1n) is 11.6. The maximum absolute atomic E-state index is 12.7. The fraction of sp³-hybridized carbons (Fsp3) is 0.346. The molecule has 7 nitrogen and oxygen atoms in total. The number of nitrogens with two attached hydrogens (primary N) is 2. The van der Waals surface area contributed by atoms with Gasteiger partial charge in [0.05, 0.1) is 17.3 Å². The number of rotatable bonds is 8. The van der Waals surface area contributed by atoms with Gasteiger partial charge in [0.15, 0.2) is 0 Å². The summed E-state index contributed by atoms with van der Waals surface area (Å²) in [7, 11) is 0. The number of aliphatic imine (C=N–C) groups is 1. The zero-order chi connectivity index (χ0) is 27.0. The van der Waals surface area contributed by atoms with Crippen molar-refractivity contribution in [3.63, 3.8) is 0 Å². The molecule has 0 aliphatic heterocycles. The molecule has 0 fully saturated rings. The van der Waals surface area contributed by atoms with Gasteiger partial charge in [-0.15, -0.1) is 0 Å². The number of unbranched alkanes of at least 4 members (excludes halogenated alkanes) is 1. The number of para-hydroxylation sites is 1. The first-order valence-corrected chi connectivity index (χ1v) is 11.6. The van der Waals surface area contributed by atoms with Gasteiger partial charge in [0, 0.05) is 45.3 Å². The van der Waals surface area contributed by atoms with Crippen molar-refractivity contribution >= 4 is 45.8 Å². The Kier molecular flexibility index (Phi) is 9.66. The highest BCUT2D eigenvalue weighted by Gasteiger charge is 2.27. The summed E-state index contributed by atoms with van der Waals surface area (Å²) in [6.07, 6.45) is -0.646. The number of carbonyl (C=O) groups is 1. The van der Waals surface area contributed by atoms with Crippen LogP contribution >= 0.6 is 0 Å². The number of H-pyrrole nitrogens is 1. The molecule has 0 saturated heterocycles. The van der Waals surface area contributed by atoms with Crippen LogP contribution in [0.1, 0.15) is 63.3 Å². The van der Waals surface area contributed by atoms with Gasteiger partial charge < -0.3 is 27.2 Å². The minimum Gasteiger partial charge on any atom is -0.398 e. The minimum atomic E-state index is -4.38. The van der Waals surface area contributed by atoms with Crippen molar-refractivity contribution in [3.05, 3.63) is 53.2 Å². The summed E-state index contributed by atoms with van der Waals surface area (Å²) in [5.74, 6) is -1.31. The maximum Gasteiger partial charge on any atom is 0.405 e.